The van der Waals surface area contributed by atoms with Gasteiger partial charge in [-0.3, -0.25) is 19.7 Å². The van der Waals surface area contributed by atoms with E-state index in [2.05, 4.69) is 5.32 Å². The van der Waals surface area contributed by atoms with Gasteiger partial charge in [-0.1, -0.05) is 45.0 Å². The second-order valence-corrected chi connectivity index (χ2v) is 11.1. The predicted octanol–water partition coefficient (Wildman–Crippen LogP) is 4.71. The van der Waals surface area contributed by atoms with Gasteiger partial charge in [-0.25, -0.2) is 9.18 Å². The molecule has 2 aromatic rings. The summed E-state index contributed by atoms with van der Waals surface area (Å²) in [4.78, 5) is 52.5. The van der Waals surface area contributed by atoms with Crippen molar-refractivity contribution < 1.29 is 23.6 Å². The first kappa shape index (κ1) is 24.8. The Labute approximate surface area is 204 Å². The number of hydrogen-bond donors (Lipinski definition) is 1. The summed E-state index contributed by atoms with van der Waals surface area (Å²) in [6, 6.07) is 9.60. The molecule has 35 heavy (non-hydrogen) atoms. The molecule has 2 fully saturated rings. The predicted molar refractivity (Wildman–Crippen MR) is 130 cm³/mol. The standard InChI is InChI=1S/C28H31FN2O4/c1-16-10-19(18-6-8-20(29)9-7-18)11-17(2)23(16)24-21(32)12-28(13-22(24)33)14-31(15-28)26(35)30-25(34)27(3,4)5/h6-11,24H,12-15H2,1-5H3,(H,30,34,35). The summed E-state index contributed by atoms with van der Waals surface area (Å²) in [6.45, 7) is 9.51. The Morgan fingerprint density at radius 2 is 1.46 bits per heavy atom. The molecule has 1 aliphatic carbocycles. The van der Waals surface area contributed by atoms with E-state index >= 15 is 0 Å². The molecule has 1 aliphatic heterocycles. The number of imide groups is 1. The normalized spacial score (nSPS) is 17.9. The smallest absolute Gasteiger partial charge is 0.323 e. The highest BCUT2D eigenvalue weighted by Crippen LogP contribution is 2.46. The SMILES string of the molecule is Cc1cc(-c2ccc(F)cc2)cc(C)c1C1C(=O)CC2(CC1=O)CN(C(=O)NC(=O)C(C)(C)C)C2. The quantitative estimate of drug-likeness (QED) is 0.634. The first-order chi connectivity index (χ1) is 16.3. The Balaban J connectivity index is 1.48. The van der Waals surface area contributed by atoms with E-state index in [1.165, 1.54) is 17.0 Å². The maximum Gasteiger partial charge on any atom is 0.324 e. The summed E-state index contributed by atoms with van der Waals surface area (Å²) in [5.41, 5.74) is 2.96. The summed E-state index contributed by atoms with van der Waals surface area (Å²) in [5.74, 6) is -1.75. The van der Waals surface area contributed by atoms with Crippen LogP contribution in [0, 0.1) is 30.5 Å². The van der Waals surface area contributed by atoms with Gasteiger partial charge in [0.2, 0.25) is 5.91 Å². The molecule has 0 unspecified atom stereocenters. The van der Waals surface area contributed by atoms with E-state index in [-0.39, 0.29) is 49.2 Å². The molecule has 3 amide bonds. The number of halogens is 1. The third kappa shape index (κ3) is 4.77. The van der Waals surface area contributed by atoms with E-state index in [4.69, 9.17) is 0 Å². The highest BCUT2D eigenvalue weighted by Gasteiger charge is 2.53. The van der Waals surface area contributed by atoms with Crippen molar-refractivity contribution in [3.05, 3.63) is 58.9 Å². The Hall–Kier alpha value is -3.35. The van der Waals surface area contributed by atoms with E-state index in [1.54, 1.807) is 32.9 Å². The Bertz CT molecular complexity index is 1180. The van der Waals surface area contributed by atoms with Gasteiger partial charge in [0.1, 0.15) is 23.3 Å². The molecule has 1 spiro atoms. The fourth-order valence-electron chi connectivity index (χ4n) is 5.24. The van der Waals surface area contributed by atoms with E-state index in [0.717, 1.165) is 27.8 Å². The molecule has 1 saturated carbocycles. The number of ketones is 2. The second-order valence-electron chi connectivity index (χ2n) is 11.1. The third-order valence-corrected chi connectivity index (χ3v) is 7.04. The summed E-state index contributed by atoms with van der Waals surface area (Å²) >= 11 is 0. The molecule has 2 aliphatic rings. The van der Waals surface area contributed by atoms with Gasteiger partial charge in [0.15, 0.2) is 0 Å². The number of hydrogen-bond acceptors (Lipinski definition) is 4. The van der Waals surface area contributed by atoms with Gasteiger partial charge in [-0.2, -0.15) is 0 Å². The number of nitrogens with one attached hydrogen (secondary N) is 1. The molecule has 6 nitrogen and oxygen atoms in total. The minimum absolute atomic E-state index is 0.132. The minimum Gasteiger partial charge on any atom is -0.323 e. The lowest BCUT2D eigenvalue weighted by atomic mass is 9.63. The number of nitrogens with zero attached hydrogens (tertiary/aromatic N) is 1. The van der Waals surface area contributed by atoms with Crippen molar-refractivity contribution in [2.45, 2.75) is 53.4 Å². The monoisotopic (exact) mass is 478 g/mol. The Morgan fingerprint density at radius 1 is 0.943 bits per heavy atom. The van der Waals surface area contributed by atoms with Crippen molar-refractivity contribution in [2.24, 2.45) is 10.8 Å². The van der Waals surface area contributed by atoms with Crippen LogP contribution in [0.4, 0.5) is 9.18 Å². The molecule has 0 bridgehead atoms. The molecule has 1 saturated heterocycles. The van der Waals surface area contributed by atoms with Crippen LogP contribution in [0.25, 0.3) is 11.1 Å². The fourth-order valence-corrected chi connectivity index (χ4v) is 5.24. The van der Waals surface area contributed by atoms with E-state index < -0.39 is 22.8 Å². The van der Waals surface area contributed by atoms with Gasteiger partial charge >= 0.3 is 6.03 Å². The molecule has 2 aromatic carbocycles. The molecule has 0 atom stereocenters. The number of likely N-dealkylation sites (tertiary alicyclic amines) is 1. The van der Waals surface area contributed by atoms with Crippen molar-refractivity contribution in [1.82, 2.24) is 10.2 Å². The average Bonchev–Trinajstić information content (AvgIpc) is 2.72. The molecular weight excluding hydrogens is 447 g/mol. The Kier molecular flexibility index (Phi) is 6.16. The molecule has 7 heteroatoms. The molecule has 184 valence electrons. The number of carbonyl (C=O) groups is 4. The Morgan fingerprint density at radius 3 is 1.94 bits per heavy atom. The number of rotatable bonds is 2. The highest BCUT2D eigenvalue weighted by atomic mass is 19.1. The lowest BCUT2D eigenvalue weighted by Gasteiger charge is -2.52. The van der Waals surface area contributed by atoms with Gasteiger partial charge in [0, 0.05) is 36.8 Å². The van der Waals surface area contributed by atoms with Crippen LogP contribution in [0.15, 0.2) is 36.4 Å². The lowest BCUT2D eigenvalue weighted by molar-refractivity contribution is -0.142. The summed E-state index contributed by atoms with van der Waals surface area (Å²) in [7, 11) is 0. The average molecular weight is 479 g/mol. The van der Waals surface area contributed by atoms with Crippen LogP contribution in [0.1, 0.15) is 56.2 Å². The zero-order chi connectivity index (χ0) is 25.7. The number of amides is 3. The van der Waals surface area contributed by atoms with Gasteiger partial charge in [-0.05, 0) is 53.8 Å². The molecule has 4 rings (SSSR count). The molecular formula is C28H31FN2O4. The zero-order valence-corrected chi connectivity index (χ0v) is 20.8. The number of urea groups is 1. The van der Waals surface area contributed by atoms with Crippen LogP contribution in [0.5, 0.6) is 0 Å². The van der Waals surface area contributed by atoms with E-state index in [1.807, 2.05) is 26.0 Å². The zero-order valence-electron chi connectivity index (χ0n) is 20.8. The van der Waals surface area contributed by atoms with Crippen LogP contribution in [0.2, 0.25) is 0 Å². The maximum absolute atomic E-state index is 13.3. The largest absolute Gasteiger partial charge is 0.324 e. The van der Waals surface area contributed by atoms with Crippen LogP contribution in [-0.2, 0) is 14.4 Å². The topological polar surface area (TPSA) is 83.6 Å². The van der Waals surface area contributed by atoms with Crippen molar-refractivity contribution in [2.75, 3.05) is 13.1 Å². The summed E-state index contributed by atoms with van der Waals surface area (Å²) < 4.78 is 13.3. The van der Waals surface area contributed by atoms with Crippen LogP contribution >= 0.6 is 0 Å². The van der Waals surface area contributed by atoms with Crippen molar-refractivity contribution in [3.63, 3.8) is 0 Å². The third-order valence-electron chi connectivity index (χ3n) is 7.04. The highest BCUT2D eigenvalue weighted by molar-refractivity contribution is 6.11. The van der Waals surface area contributed by atoms with Gasteiger partial charge in [-0.15, -0.1) is 0 Å². The van der Waals surface area contributed by atoms with E-state index in [0.29, 0.717) is 0 Å². The summed E-state index contributed by atoms with van der Waals surface area (Å²) in [5, 5.41) is 2.40. The minimum atomic E-state index is -0.812. The van der Waals surface area contributed by atoms with Gasteiger partial charge in [0.05, 0.1) is 0 Å². The fraction of sp³-hybridized carbons (Fsp3) is 0.429. The summed E-state index contributed by atoms with van der Waals surface area (Å²) in [6.07, 6.45) is 0.442. The number of benzene rings is 2. The van der Waals surface area contributed by atoms with Crippen LogP contribution in [-0.4, -0.2) is 41.5 Å². The second kappa shape index (κ2) is 8.70. The number of carbonyl (C=O) groups excluding carboxylic acids is 4. The van der Waals surface area contributed by atoms with E-state index in [9.17, 15) is 23.6 Å². The maximum atomic E-state index is 13.3. The van der Waals surface area contributed by atoms with Crippen molar-refractivity contribution in [1.29, 1.82) is 0 Å². The number of Topliss-reactive ketones (excluding diaryl/α,β-unsaturated/α-hetero) is 2. The van der Waals surface area contributed by atoms with Crippen LogP contribution in [0.3, 0.4) is 0 Å². The van der Waals surface area contributed by atoms with Crippen molar-refractivity contribution >= 4 is 23.5 Å². The molecule has 0 aromatic heterocycles. The van der Waals surface area contributed by atoms with Gasteiger partial charge in [0.25, 0.3) is 0 Å². The van der Waals surface area contributed by atoms with Gasteiger partial charge < -0.3 is 4.90 Å². The first-order valence-electron chi connectivity index (χ1n) is 11.8. The lowest BCUT2D eigenvalue weighted by Crippen LogP contribution is -2.64. The first-order valence-corrected chi connectivity index (χ1v) is 11.8. The molecule has 1 N–H and O–H groups in total. The number of aryl methyl sites for hydroxylation is 2. The molecule has 0 radical (unpaired) electrons. The van der Waals surface area contributed by atoms with Crippen LogP contribution < -0.4 is 5.32 Å². The van der Waals surface area contributed by atoms with Crippen molar-refractivity contribution in [3.8, 4) is 11.1 Å². The molecule has 1 heterocycles.